The van der Waals surface area contributed by atoms with Gasteiger partial charge in [0.05, 0.1) is 11.4 Å². The monoisotopic (exact) mass is 314 g/mol. The van der Waals surface area contributed by atoms with Gasteiger partial charge in [-0.3, -0.25) is 0 Å². The van der Waals surface area contributed by atoms with E-state index in [4.69, 9.17) is 0 Å². The zero-order chi connectivity index (χ0) is 16.5. The Balaban J connectivity index is 1.72. The largest absolute Gasteiger partial charge is 0.506 e. The summed E-state index contributed by atoms with van der Waals surface area (Å²) in [5, 5.41) is 21.6. The van der Waals surface area contributed by atoms with E-state index >= 15 is 0 Å². The Bertz CT molecular complexity index is 1000. The second kappa shape index (κ2) is 5.66. The Morgan fingerprint density at radius 1 is 0.583 bits per heavy atom. The van der Waals surface area contributed by atoms with E-state index in [0.29, 0.717) is 11.0 Å². The zero-order valence-electron chi connectivity index (χ0n) is 12.7. The highest BCUT2D eigenvalue weighted by atomic mass is 16.3. The smallest absolute Gasteiger partial charge is 0.141 e. The van der Waals surface area contributed by atoms with Gasteiger partial charge in [-0.25, -0.2) is 9.97 Å². The van der Waals surface area contributed by atoms with Gasteiger partial charge in [0, 0.05) is 10.8 Å². The molecule has 0 fully saturated rings. The van der Waals surface area contributed by atoms with Crippen molar-refractivity contribution < 1.29 is 10.2 Å². The molecular weight excluding hydrogens is 300 g/mol. The molecule has 0 aliphatic carbocycles. The molecule has 4 aromatic rings. The summed E-state index contributed by atoms with van der Waals surface area (Å²) < 4.78 is 0. The molecule has 24 heavy (non-hydrogen) atoms. The number of aromatic hydroxyl groups is 2. The van der Waals surface area contributed by atoms with Gasteiger partial charge < -0.3 is 10.2 Å². The molecule has 0 saturated carbocycles. The average molecular weight is 314 g/mol. The van der Waals surface area contributed by atoms with Gasteiger partial charge in [-0.2, -0.15) is 0 Å². The van der Waals surface area contributed by atoms with E-state index in [-0.39, 0.29) is 11.5 Å². The van der Waals surface area contributed by atoms with E-state index < -0.39 is 0 Å². The van der Waals surface area contributed by atoms with Crippen molar-refractivity contribution in [3.8, 4) is 11.5 Å². The SMILES string of the molecule is Oc1cccc2ccc(/C=C/c3ccc4cccc(O)c4n3)nc12. The molecule has 0 radical (unpaired) electrons. The van der Waals surface area contributed by atoms with Crippen LogP contribution in [0.3, 0.4) is 0 Å². The van der Waals surface area contributed by atoms with E-state index in [9.17, 15) is 10.2 Å². The zero-order valence-corrected chi connectivity index (χ0v) is 12.7. The van der Waals surface area contributed by atoms with Gasteiger partial charge in [0.25, 0.3) is 0 Å². The van der Waals surface area contributed by atoms with E-state index in [1.807, 2.05) is 48.6 Å². The topological polar surface area (TPSA) is 66.2 Å². The number of hydrogen-bond acceptors (Lipinski definition) is 4. The Morgan fingerprint density at radius 2 is 1.04 bits per heavy atom. The van der Waals surface area contributed by atoms with Crippen molar-refractivity contribution in [2.24, 2.45) is 0 Å². The number of hydrogen-bond donors (Lipinski definition) is 2. The maximum Gasteiger partial charge on any atom is 0.141 e. The van der Waals surface area contributed by atoms with E-state index in [2.05, 4.69) is 9.97 Å². The quantitative estimate of drug-likeness (QED) is 0.577. The Hall–Kier alpha value is -3.40. The van der Waals surface area contributed by atoms with Crippen LogP contribution in [0, 0.1) is 0 Å². The molecule has 0 aliphatic rings. The van der Waals surface area contributed by atoms with Crippen molar-refractivity contribution in [2.45, 2.75) is 0 Å². The first kappa shape index (κ1) is 14.2. The summed E-state index contributed by atoms with van der Waals surface area (Å²) in [6.45, 7) is 0. The van der Waals surface area contributed by atoms with Crippen molar-refractivity contribution in [1.82, 2.24) is 9.97 Å². The van der Waals surface area contributed by atoms with Gasteiger partial charge in [0.15, 0.2) is 0 Å². The summed E-state index contributed by atoms with van der Waals surface area (Å²) in [4.78, 5) is 8.91. The number of phenolic OH excluding ortho intramolecular Hbond substituents is 2. The highest BCUT2D eigenvalue weighted by molar-refractivity contribution is 5.87. The maximum absolute atomic E-state index is 9.90. The number of phenols is 2. The number of aromatic nitrogens is 2. The summed E-state index contributed by atoms with van der Waals surface area (Å²) in [5.74, 6) is 0.327. The van der Waals surface area contributed by atoms with Crippen LogP contribution >= 0.6 is 0 Å². The van der Waals surface area contributed by atoms with Crippen LogP contribution in [0.15, 0.2) is 60.7 Å². The van der Waals surface area contributed by atoms with Crippen LogP contribution in [0.25, 0.3) is 34.0 Å². The molecule has 0 saturated heterocycles. The molecule has 116 valence electrons. The van der Waals surface area contributed by atoms with Crippen molar-refractivity contribution in [1.29, 1.82) is 0 Å². The molecule has 0 amide bonds. The molecule has 0 unspecified atom stereocenters. The minimum absolute atomic E-state index is 0.163. The number of benzene rings is 2. The number of para-hydroxylation sites is 2. The first-order chi connectivity index (χ1) is 11.7. The maximum atomic E-state index is 9.90. The van der Waals surface area contributed by atoms with Gasteiger partial charge in [0.2, 0.25) is 0 Å². The molecule has 4 heteroatoms. The number of nitrogens with zero attached hydrogens (tertiary/aromatic N) is 2. The third-order valence-electron chi connectivity index (χ3n) is 3.87. The fourth-order valence-corrected chi connectivity index (χ4v) is 2.65. The predicted molar refractivity (Wildman–Crippen MR) is 95.7 cm³/mol. The average Bonchev–Trinajstić information content (AvgIpc) is 2.61. The van der Waals surface area contributed by atoms with E-state index in [0.717, 1.165) is 22.2 Å². The van der Waals surface area contributed by atoms with Crippen molar-refractivity contribution >= 4 is 34.0 Å². The lowest BCUT2D eigenvalue weighted by atomic mass is 10.1. The number of pyridine rings is 2. The lowest BCUT2D eigenvalue weighted by molar-refractivity contribution is 0.480. The molecule has 2 aromatic carbocycles. The minimum Gasteiger partial charge on any atom is -0.506 e. The summed E-state index contributed by atoms with van der Waals surface area (Å²) in [6.07, 6.45) is 3.67. The standard InChI is InChI=1S/C20H14N2O2/c23-17-5-1-3-13-7-9-15(21-19(13)17)11-12-16-10-8-14-4-2-6-18(24)20(14)22-16/h1-12,23-24H/b12-11+. The third-order valence-corrected chi connectivity index (χ3v) is 3.87. The number of rotatable bonds is 2. The van der Waals surface area contributed by atoms with Crippen LogP contribution in [-0.4, -0.2) is 20.2 Å². The van der Waals surface area contributed by atoms with Crippen LogP contribution in [0.5, 0.6) is 11.5 Å². The molecule has 2 aromatic heterocycles. The molecular formula is C20H14N2O2. The minimum atomic E-state index is 0.163. The van der Waals surface area contributed by atoms with Gasteiger partial charge >= 0.3 is 0 Å². The van der Waals surface area contributed by atoms with Crippen LogP contribution in [0.1, 0.15) is 11.4 Å². The summed E-state index contributed by atoms with van der Waals surface area (Å²) in [7, 11) is 0. The van der Waals surface area contributed by atoms with E-state index in [1.54, 1.807) is 24.3 Å². The van der Waals surface area contributed by atoms with Crippen molar-refractivity contribution in [3.05, 3.63) is 72.1 Å². The van der Waals surface area contributed by atoms with Gasteiger partial charge in [-0.1, -0.05) is 36.4 Å². The Labute approximate surface area is 138 Å². The summed E-state index contributed by atoms with van der Waals surface area (Å²) in [5.41, 5.74) is 2.60. The molecule has 0 spiro atoms. The van der Waals surface area contributed by atoms with Crippen molar-refractivity contribution in [2.75, 3.05) is 0 Å². The lowest BCUT2D eigenvalue weighted by Crippen LogP contribution is -1.86. The lowest BCUT2D eigenvalue weighted by Gasteiger charge is -2.02. The highest BCUT2D eigenvalue weighted by Gasteiger charge is 2.02. The molecule has 2 heterocycles. The first-order valence-electron chi connectivity index (χ1n) is 7.56. The van der Waals surface area contributed by atoms with E-state index in [1.165, 1.54) is 0 Å². The molecule has 0 aliphatic heterocycles. The molecule has 2 N–H and O–H groups in total. The van der Waals surface area contributed by atoms with Gasteiger partial charge in [0.1, 0.15) is 22.5 Å². The summed E-state index contributed by atoms with van der Waals surface area (Å²) >= 11 is 0. The van der Waals surface area contributed by atoms with Crippen molar-refractivity contribution in [3.63, 3.8) is 0 Å². The fraction of sp³-hybridized carbons (Fsp3) is 0. The normalized spacial score (nSPS) is 11.5. The Morgan fingerprint density at radius 3 is 1.50 bits per heavy atom. The number of fused-ring (bicyclic) bond motifs is 2. The van der Waals surface area contributed by atoms with Gasteiger partial charge in [-0.15, -0.1) is 0 Å². The third kappa shape index (κ3) is 2.54. The second-order valence-corrected chi connectivity index (χ2v) is 5.50. The van der Waals surface area contributed by atoms with Crippen LogP contribution in [-0.2, 0) is 0 Å². The highest BCUT2D eigenvalue weighted by Crippen LogP contribution is 2.24. The first-order valence-corrected chi connectivity index (χ1v) is 7.56. The molecule has 4 rings (SSSR count). The summed E-state index contributed by atoms with van der Waals surface area (Å²) in [6, 6.07) is 18.2. The van der Waals surface area contributed by atoms with Gasteiger partial charge in [-0.05, 0) is 36.4 Å². The second-order valence-electron chi connectivity index (χ2n) is 5.50. The van der Waals surface area contributed by atoms with Crippen LogP contribution < -0.4 is 0 Å². The Kier molecular flexibility index (Phi) is 3.35. The molecule has 4 nitrogen and oxygen atoms in total. The molecule has 0 bridgehead atoms. The fourth-order valence-electron chi connectivity index (χ4n) is 2.65. The van der Waals surface area contributed by atoms with Crippen LogP contribution in [0.2, 0.25) is 0 Å². The predicted octanol–water partition coefficient (Wildman–Crippen LogP) is 4.36. The molecule has 0 atom stereocenters. The van der Waals surface area contributed by atoms with Crippen LogP contribution in [0.4, 0.5) is 0 Å².